The van der Waals surface area contributed by atoms with Gasteiger partial charge in [-0.15, -0.1) is 0 Å². The zero-order chi connectivity index (χ0) is 20.0. The highest BCUT2D eigenvalue weighted by Crippen LogP contribution is 2.19. The van der Waals surface area contributed by atoms with Gasteiger partial charge in [0, 0.05) is 12.6 Å². The van der Waals surface area contributed by atoms with Gasteiger partial charge in [0.25, 0.3) is 5.91 Å². The largest absolute Gasteiger partial charge is 0.480 e. The molecule has 0 saturated heterocycles. The molecule has 0 bridgehead atoms. The minimum Gasteiger partial charge on any atom is -0.480 e. The number of aryl methyl sites for hydroxylation is 1. The fraction of sp³-hybridized carbons (Fsp3) is 0.286. The highest BCUT2D eigenvalue weighted by molar-refractivity contribution is 5.95. The summed E-state index contributed by atoms with van der Waals surface area (Å²) < 4.78 is 0. The van der Waals surface area contributed by atoms with E-state index >= 15 is 0 Å². The van der Waals surface area contributed by atoms with E-state index in [2.05, 4.69) is 5.32 Å². The van der Waals surface area contributed by atoms with E-state index in [0.717, 1.165) is 11.1 Å². The normalized spacial score (nSPS) is 12.7. The number of carboxylic acids is 1. The number of likely N-dealkylation sites (N-methyl/N-ethyl adjacent to an activating group) is 1. The van der Waals surface area contributed by atoms with E-state index in [-0.39, 0.29) is 18.2 Å². The number of carboxylic acid groups (broad SMARTS) is 1. The van der Waals surface area contributed by atoms with Gasteiger partial charge in [-0.2, -0.15) is 0 Å². The number of benzene rings is 2. The fourth-order valence-corrected chi connectivity index (χ4v) is 2.58. The van der Waals surface area contributed by atoms with Crippen LogP contribution in [0.2, 0.25) is 0 Å². The quantitative estimate of drug-likeness (QED) is 0.787. The van der Waals surface area contributed by atoms with Crippen LogP contribution in [0.1, 0.15) is 40.9 Å². The first-order valence-corrected chi connectivity index (χ1v) is 8.70. The van der Waals surface area contributed by atoms with Crippen LogP contribution in [0.15, 0.2) is 54.6 Å². The van der Waals surface area contributed by atoms with Crippen LogP contribution in [0, 0.1) is 6.92 Å². The molecule has 142 valence electrons. The first-order valence-electron chi connectivity index (χ1n) is 8.70. The van der Waals surface area contributed by atoms with Crippen molar-refractivity contribution < 1.29 is 19.5 Å². The average molecular weight is 368 g/mol. The molecule has 0 radical (unpaired) electrons. The summed E-state index contributed by atoms with van der Waals surface area (Å²) in [6, 6.07) is 14.8. The van der Waals surface area contributed by atoms with Gasteiger partial charge in [-0.05, 0) is 31.5 Å². The minimum absolute atomic E-state index is 0.0320. The molecule has 2 aromatic carbocycles. The van der Waals surface area contributed by atoms with E-state index < -0.39 is 18.1 Å². The molecule has 27 heavy (non-hydrogen) atoms. The number of carbonyl (C=O) groups excluding carboxylic acids is 2. The summed E-state index contributed by atoms with van der Waals surface area (Å²) in [5, 5.41) is 12.0. The molecule has 0 aliphatic rings. The highest BCUT2D eigenvalue weighted by Gasteiger charge is 2.26. The fourth-order valence-electron chi connectivity index (χ4n) is 2.58. The maximum absolute atomic E-state index is 12.6. The zero-order valence-corrected chi connectivity index (χ0v) is 15.7. The topological polar surface area (TPSA) is 86.7 Å². The second-order valence-electron chi connectivity index (χ2n) is 6.53. The Labute approximate surface area is 158 Å². The molecule has 0 aliphatic heterocycles. The van der Waals surface area contributed by atoms with Crippen molar-refractivity contribution in [3.63, 3.8) is 0 Å². The lowest BCUT2D eigenvalue weighted by atomic mass is 10.0. The van der Waals surface area contributed by atoms with Crippen LogP contribution >= 0.6 is 0 Å². The van der Waals surface area contributed by atoms with E-state index in [1.54, 1.807) is 12.1 Å². The van der Waals surface area contributed by atoms with E-state index in [4.69, 9.17) is 5.11 Å². The highest BCUT2D eigenvalue weighted by atomic mass is 16.4. The van der Waals surface area contributed by atoms with Crippen LogP contribution in [0.3, 0.4) is 0 Å². The number of aliphatic carboxylic acids is 1. The van der Waals surface area contributed by atoms with Gasteiger partial charge >= 0.3 is 5.97 Å². The van der Waals surface area contributed by atoms with Crippen LogP contribution in [-0.4, -0.2) is 40.9 Å². The Balaban J connectivity index is 2.19. The standard InChI is InChI=1S/C21H24N2O4/c1-14-9-11-17(12-10-14)20(25)22-18(16-7-5-4-6-8-16)13-19(24)23(3)15(2)21(26)27/h4-12,15,18H,13H2,1-3H3,(H,22,25)(H,26,27). The van der Waals surface area contributed by atoms with Crippen molar-refractivity contribution >= 4 is 17.8 Å². The predicted molar refractivity (Wildman–Crippen MR) is 102 cm³/mol. The van der Waals surface area contributed by atoms with Crippen LogP contribution in [0.5, 0.6) is 0 Å². The molecular weight excluding hydrogens is 344 g/mol. The third-order valence-corrected chi connectivity index (χ3v) is 4.53. The van der Waals surface area contributed by atoms with Crippen molar-refractivity contribution in [1.82, 2.24) is 10.2 Å². The molecule has 0 spiro atoms. The first kappa shape index (κ1) is 20.2. The number of nitrogens with one attached hydrogen (secondary N) is 1. The van der Waals surface area contributed by atoms with Crippen molar-refractivity contribution in [1.29, 1.82) is 0 Å². The second kappa shape index (κ2) is 8.98. The third kappa shape index (κ3) is 5.41. The van der Waals surface area contributed by atoms with Crippen molar-refractivity contribution in [2.24, 2.45) is 0 Å². The molecule has 2 amide bonds. The molecule has 6 nitrogen and oxygen atoms in total. The number of amides is 2. The Morgan fingerprint density at radius 2 is 1.63 bits per heavy atom. The van der Waals surface area contributed by atoms with Gasteiger partial charge in [-0.1, -0.05) is 48.0 Å². The number of nitrogens with zero attached hydrogens (tertiary/aromatic N) is 1. The average Bonchev–Trinajstić information content (AvgIpc) is 2.67. The van der Waals surface area contributed by atoms with Gasteiger partial charge < -0.3 is 15.3 Å². The second-order valence-corrected chi connectivity index (χ2v) is 6.53. The van der Waals surface area contributed by atoms with Crippen molar-refractivity contribution in [3.8, 4) is 0 Å². The molecule has 0 aromatic heterocycles. The van der Waals surface area contributed by atoms with Gasteiger partial charge in [-0.3, -0.25) is 9.59 Å². The number of rotatable bonds is 7. The molecule has 0 fully saturated rings. The lowest BCUT2D eigenvalue weighted by molar-refractivity contribution is -0.148. The van der Waals surface area contributed by atoms with Crippen LogP contribution in [0.25, 0.3) is 0 Å². The summed E-state index contributed by atoms with van der Waals surface area (Å²) in [6.07, 6.45) is -0.0320. The number of hydrogen-bond donors (Lipinski definition) is 2. The smallest absolute Gasteiger partial charge is 0.326 e. The van der Waals surface area contributed by atoms with Crippen LogP contribution in [-0.2, 0) is 9.59 Å². The summed E-state index contributed by atoms with van der Waals surface area (Å²) in [7, 11) is 1.45. The van der Waals surface area contributed by atoms with E-state index in [1.807, 2.05) is 49.4 Å². The summed E-state index contributed by atoms with van der Waals surface area (Å²) in [4.78, 5) is 37.5. The molecule has 2 rings (SSSR count). The van der Waals surface area contributed by atoms with Crippen molar-refractivity contribution in [2.45, 2.75) is 32.4 Å². The molecule has 0 aliphatic carbocycles. The Bertz CT molecular complexity index is 803. The maximum atomic E-state index is 12.6. The van der Waals surface area contributed by atoms with Gasteiger partial charge in [0.15, 0.2) is 0 Å². The van der Waals surface area contributed by atoms with Gasteiger partial charge in [0.2, 0.25) is 5.91 Å². The minimum atomic E-state index is -1.08. The zero-order valence-electron chi connectivity index (χ0n) is 15.7. The summed E-state index contributed by atoms with van der Waals surface area (Å²) in [5.41, 5.74) is 2.33. The van der Waals surface area contributed by atoms with Gasteiger partial charge in [0.1, 0.15) is 6.04 Å². The van der Waals surface area contributed by atoms with E-state index in [9.17, 15) is 14.4 Å². The number of carbonyl (C=O) groups is 3. The van der Waals surface area contributed by atoms with E-state index in [0.29, 0.717) is 5.56 Å². The van der Waals surface area contributed by atoms with Crippen molar-refractivity contribution in [2.75, 3.05) is 7.05 Å². The summed E-state index contributed by atoms with van der Waals surface area (Å²) in [5.74, 6) is -1.72. The van der Waals surface area contributed by atoms with Crippen LogP contribution in [0.4, 0.5) is 0 Å². The maximum Gasteiger partial charge on any atom is 0.326 e. The monoisotopic (exact) mass is 368 g/mol. The van der Waals surface area contributed by atoms with Crippen molar-refractivity contribution in [3.05, 3.63) is 71.3 Å². The molecule has 0 heterocycles. The van der Waals surface area contributed by atoms with Crippen LogP contribution < -0.4 is 5.32 Å². The Kier molecular flexibility index (Phi) is 6.71. The first-order chi connectivity index (χ1) is 12.8. The van der Waals surface area contributed by atoms with Gasteiger partial charge in [-0.25, -0.2) is 4.79 Å². The Hall–Kier alpha value is -3.15. The predicted octanol–water partition coefficient (Wildman–Crippen LogP) is 2.79. The molecule has 6 heteroatoms. The Morgan fingerprint density at radius 3 is 2.19 bits per heavy atom. The molecule has 2 aromatic rings. The third-order valence-electron chi connectivity index (χ3n) is 4.53. The summed E-state index contributed by atoms with van der Waals surface area (Å²) >= 11 is 0. The van der Waals surface area contributed by atoms with E-state index in [1.165, 1.54) is 18.9 Å². The molecule has 2 atom stereocenters. The Morgan fingerprint density at radius 1 is 1.04 bits per heavy atom. The molecule has 2 unspecified atom stereocenters. The molecule has 0 saturated carbocycles. The molecular formula is C21H24N2O4. The lowest BCUT2D eigenvalue weighted by Gasteiger charge is -2.25. The summed E-state index contributed by atoms with van der Waals surface area (Å²) in [6.45, 7) is 3.38. The number of hydrogen-bond acceptors (Lipinski definition) is 3. The lowest BCUT2D eigenvalue weighted by Crippen LogP contribution is -2.42. The SMILES string of the molecule is Cc1ccc(C(=O)NC(CC(=O)N(C)C(C)C(=O)O)c2ccccc2)cc1. The van der Waals surface area contributed by atoms with Gasteiger partial charge in [0.05, 0.1) is 12.5 Å². The molecule has 2 N–H and O–H groups in total.